The molecule has 6 heteroatoms. The van der Waals surface area contributed by atoms with Crippen molar-refractivity contribution < 1.29 is 4.52 Å². The van der Waals surface area contributed by atoms with Crippen LogP contribution in [0.25, 0.3) is 21.8 Å². The molecule has 0 saturated carbocycles. The Morgan fingerprint density at radius 1 is 1.15 bits per heavy atom. The number of rotatable bonds is 2. The van der Waals surface area contributed by atoms with Gasteiger partial charge >= 0.3 is 0 Å². The Morgan fingerprint density at radius 2 is 1.95 bits per heavy atom. The maximum absolute atomic E-state index is 6.06. The Labute approximate surface area is 129 Å². The van der Waals surface area contributed by atoms with Crippen LogP contribution in [0.3, 0.4) is 0 Å². The number of nitrogens with two attached hydrogens (primary N) is 1. The molecule has 0 amide bonds. The van der Waals surface area contributed by atoms with Crippen LogP contribution in [0.15, 0.2) is 34.9 Å². The first kappa shape index (κ1) is 13.5. The van der Waals surface area contributed by atoms with E-state index in [4.69, 9.17) is 33.5 Å². The molecular formula is C14H10Cl2N2OS. The van der Waals surface area contributed by atoms with Crippen LogP contribution in [0.2, 0.25) is 10.0 Å². The van der Waals surface area contributed by atoms with Crippen LogP contribution in [0.4, 0.5) is 5.82 Å². The highest BCUT2D eigenvalue weighted by molar-refractivity contribution is 7.15. The van der Waals surface area contributed by atoms with Gasteiger partial charge in [0.1, 0.15) is 0 Å². The Bertz CT molecular complexity index is 779. The molecule has 0 spiro atoms. The van der Waals surface area contributed by atoms with E-state index in [9.17, 15) is 0 Å². The second-order valence-corrected chi connectivity index (χ2v) is 6.41. The van der Waals surface area contributed by atoms with E-state index in [1.807, 2.05) is 25.1 Å². The minimum absolute atomic E-state index is 0.337. The van der Waals surface area contributed by atoms with E-state index in [1.165, 1.54) is 4.88 Å². The maximum atomic E-state index is 6.06. The van der Waals surface area contributed by atoms with Crippen LogP contribution in [-0.4, -0.2) is 5.16 Å². The minimum Gasteiger partial charge on any atom is -0.380 e. The summed E-state index contributed by atoms with van der Waals surface area (Å²) < 4.78 is 5.38. The highest BCUT2D eigenvalue weighted by Gasteiger charge is 2.19. The van der Waals surface area contributed by atoms with Gasteiger partial charge in [-0.25, -0.2) is 0 Å². The largest absolute Gasteiger partial charge is 0.380 e. The van der Waals surface area contributed by atoms with Crippen molar-refractivity contribution in [2.75, 3.05) is 5.73 Å². The number of benzene rings is 1. The molecular weight excluding hydrogens is 315 g/mol. The zero-order chi connectivity index (χ0) is 14.3. The third-order valence-electron chi connectivity index (χ3n) is 2.89. The van der Waals surface area contributed by atoms with Crippen LogP contribution in [0, 0.1) is 6.92 Å². The number of thiophene rings is 1. The summed E-state index contributed by atoms with van der Waals surface area (Å²) >= 11 is 13.6. The van der Waals surface area contributed by atoms with E-state index in [1.54, 1.807) is 23.5 Å². The lowest BCUT2D eigenvalue weighted by molar-refractivity contribution is 0.437. The Morgan fingerprint density at radius 3 is 2.60 bits per heavy atom. The zero-order valence-corrected chi connectivity index (χ0v) is 12.8. The average Bonchev–Trinajstić information content (AvgIpc) is 2.99. The van der Waals surface area contributed by atoms with E-state index in [2.05, 4.69) is 5.16 Å². The third kappa shape index (κ3) is 2.30. The van der Waals surface area contributed by atoms with Crippen molar-refractivity contribution >= 4 is 40.4 Å². The van der Waals surface area contributed by atoms with Gasteiger partial charge in [-0.15, -0.1) is 11.3 Å². The number of aromatic nitrogens is 1. The number of anilines is 1. The lowest BCUT2D eigenvalue weighted by atomic mass is 10.1. The van der Waals surface area contributed by atoms with E-state index in [0.717, 1.165) is 16.0 Å². The lowest BCUT2D eigenvalue weighted by Crippen LogP contribution is -1.88. The molecule has 0 radical (unpaired) electrons. The molecule has 0 unspecified atom stereocenters. The van der Waals surface area contributed by atoms with Gasteiger partial charge in [-0.2, -0.15) is 0 Å². The molecule has 20 heavy (non-hydrogen) atoms. The summed E-state index contributed by atoms with van der Waals surface area (Å²) in [5, 5.41) is 4.83. The van der Waals surface area contributed by atoms with Crippen molar-refractivity contribution in [1.29, 1.82) is 0 Å². The van der Waals surface area contributed by atoms with Gasteiger partial charge in [0.2, 0.25) is 0 Å². The van der Waals surface area contributed by atoms with Gasteiger partial charge in [-0.1, -0.05) is 34.4 Å². The molecule has 0 saturated heterocycles. The van der Waals surface area contributed by atoms with Gasteiger partial charge in [0, 0.05) is 4.88 Å². The summed E-state index contributed by atoms with van der Waals surface area (Å²) in [5.41, 5.74) is 7.50. The molecule has 102 valence electrons. The molecule has 2 heterocycles. The van der Waals surface area contributed by atoms with Gasteiger partial charge in [0.05, 0.1) is 20.5 Å². The van der Waals surface area contributed by atoms with Gasteiger partial charge in [0.25, 0.3) is 0 Å². The Balaban J connectivity index is 2.18. The van der Waals surface area contributed by atoms with Crippen molar-refractivity contribution in [3.05, 3.63) is 45.3 Å². The smallest absolute Gasteiger partial charge is 0.186 e. The molecule has 0 atom stereocenters. The predicted octanol–water partition coefficient (Wildman–Crippen LogP) is 5.27. The first-order valence-electron chi connectivity index (χ1n) is 5.83. The lowest BCUT2D eigenvalue weighted by Gasteiger charge is -2.03. The molecule has 3 aromatic rings. The highest BCUT2D eigenvalue weighted by atomic mass is 35.5. The van der Waals surface area contributed by atoms with Crippen molar-refractivity contribution in [3.63, 3.8) is 0 Å². The fourth-order valence-corrected chi connectivity index (χ4v) is 3.11. The highest BCUT2D eigenvalue weighted by Crippen LogP contribution is 2.40. The van der Waals surface area contributed by atoms with Crippen molar-refractivity contribution in [2.24, 2.45) is 0 Å². The fraction of sp³-hybridized carbons (Fsp3) is 0.0714. The van der Waals surface area contributed by atoms with Gasteiger partial charge in [-0.3, -0.25) is 0 Å². The normalized spacial score (nSPS) is 10.9. The van der Waals surface area contributed by atoms with Gasteiger partial charge in [0.15, 0.2) is 11.6 Å². The van der Waals surface area contributed by atoms with Crippen molar-refractivity contribution in [2.45, 2.75) is 6.92 Å². The van der Waals surface area contributed by atoms with E-state index >= 15 is 0 Å². The van der Waals surface area contributed by atoms with Gasteiger partial charge < -0.3 is 10.3 Å². The first-order valence-corrected chi connectivity index (χ1v) is 7.41. The summed E-state index contributed by atoms with van der Waals surface area (Å²) in [5.74, 6) is 0.989. The van der Waals surface area contributed by atoms with E-state index in [-0.39, 0.29) is 0 Å². The van der Waals surface area contributed by atoms with Crippen molar-refractivity contribution in [3.8, 4) is 21.8 Å². The number of hydrogen-bond donors (Lipinski definition) is 1. The molecule has 3 rings (SSSR count). The molecule has 2 aromatic heterocycles. The van der Waals surface area contributed by atoms with Crippen LogP contribution in [-0.2, 0) is 0 Å². The first-order chi connectivity index (χ1) is 9.56. The van der Waals surface area contributed by atoms with Crippen LogP contribution in [0.1, 0.15) is 4.88 Å². The van der Waals surface area contributed by atoms with E-state index < -0.39 is 0 Å². The quantitative estimate of drug-likeness (QED) is 0.698. The molecule has 0 aliphatic carbocycles. The molecule has 3 nitrogen and oxygen atoms in total. The predicted molar refractivity (Wildman–Crippen MR) is 84.4 cm³/mol. The molecule has 2 N–H and O–H groups in total. The number of nitrogens with zero attached hydrogens (tertiary/aromatic N) is 1. The number of nitrogen functional groups attached to an aromatic ring is 1. The summed E-state index contributed by atoms with van der Waals surface area (Å²) in [6, 6.07) is 9.35. The van der Waals surface area contributed by atoms with E-state index in [0.29, 0.717) is 21.6 Å². The molecule has 0 bridgehead atoms. The topological polar surface area (TPSA) is 52.0 Å². The summed E-state index contributed by atoms with van der Waals surface area (Å²) in [6.07, 6.45) is 0. The van der Waals surface area contributed by atoms with Gasteiger partial charge in [-0.05, 0) is 36.8 Å². The summed E-state index contributed by atoms with van der Waals surface area (Å²) in [7, 11) is 0. The summed E-state index contributed by atoms with van der Waals surface area (Å²) in [4.78, 5) is 2.17. The molecule has 0 aliphatic heterocycles. The minimum atomic E-state index is 0.337. The number of aryl methyl sites for hydroxylation is 1. The standard InChI is InChI=1S/C14H10Cl2N2OS/c1-7-2-5-11(20-7)13-12(14(17)18-19-13)8-3-4-9(15)10(16)6-8/h2-6H,1H3,(H2,17,18). The second kappa shape index (κ2) is 5.13. The Hall–Kier alpha value is -1.49. The maximum Gasteiger partial charge on any atom is 0.186 e. The fourth-order valence-electron chi connectivity index (χ4n) is 1.96. The number of halogens is 2. The van der Waals surface area contributed by atoms with Crippen molar-refractivity contribution in [1.82, 2.24) is 5.16 Å². The number of hydrogen-bond acceptors (Lipinski definition) is 4. The average molecular weight is 325 g/mol. The zero-order valence-electron chi connectivity index (χ0n) is 10.5. The molecule has 1 aromatic carbocycles. The Kier molecular flexibility index (Phi) is 3.46. The third-order valence-corrected chi connectivity index (χ3v) is 4.63. The van der Waals surface area contributed by atoms with Crippen LogP contribution < -0.4 is 5.73 Å². The second-order valence-electron chi connectivity index (χ2n) is 4.31. The molecule has 0 aliphatic rings. The van der Waals surface area contributed by atoms with Crippen LogP contribution >= 0.6 is 34.5 Å². The SMILES string of the molecule is Cc1ccc(-c2onc(N)c2-c2ccc(Cl)c(Cl)c2)s1. The van der Waals surface area contributed by atoms with Crippen LogP contribution in [0.5, 0.6) is 0 Å². The molecule has 0 fully saturated rings. The summed E-state index contributed by atoms with van der Waals surface area (Å²) in [6.45, 7) is 2.03. The monoisotopic (exact) mass is 324 g/mol.